The molecule has 0 bridgehead atoms. The summed E-state index contributed by atoms with van der Waals surface area (Å²) in [6.07, 6.45) is 6.89. The number of rotatable bonds is 7. The maximum absolute atomic E-state index is 13.8. The number of fused-ring (bicyclic) bond motifs is 2. The lowest BCUT2D eigenvalue weighted by Gasteiger charge is -2.11. The molecule has 0 unspecified atom stereocenters. The van der Waals surface area contributed by atoms with Crippen molar-refractivity contribution in [1.82, 2.24) is 38.5 Å². The van der Waals surface area contributed by atoms with E-state index in [1.807, 2.05) is 29.3 Å². The number of nitrogens with zero attached hydrogens (tertiary/aromatic N) is 8. The van der Waals surface area contributed by atoms with Gasteiger partial charge in [-0.1, -0.05) is 49.6 Å². The Balaban J connectivity index is 1.82. The van der Waals surface area contributed by atoms with Crippen LogP contribution >= 0.6 is 0 Å². The normalized spacial score (nSPS) is 11.8. The van der Waals surface area contributed by atoms with Crippen LogP contribution in [-0.2, 0) is 20.1 Å². The van der Waals surface area contributed by atoms with E-state index < -0.39 is 0 Å². The third-order valence-electron chi connectivity index (χ3n) is 6.07. The summed E-state index contributed by atoms with van der Waals surface area (Å²) in [5, 5.41) is 12.9. The van der Waals surface area contributed by atoms with Gasteiger partial charge in [0.25, 0.3) is 5.56 Å². The number of aryl methyl sites for hydroxylation is 4. The molecule has 4 heterocycles. The van der Waals surface area contributed by atoms with Crippen LogP contribution in [0.4, 0.5) is 0 Å². The molecule has 9 nitrogen and oxygen atoms in total. The molecule has 0 N–H and O–H groups in total. The molecular formula is C24H28N8O. The Morgan fingerprint density at radius 2 is 1.79 bits per heavy atom. The molecule has 5 rings (SSSR count). The maximum Gasteiger partial charge on any atom is 0.286 e. The van der Waals surface area contributed by atoms with E-state index in [0.717, 1.165) is 42.8 Å². The first-order valence-electron chi connectivity index (χ1n) is 11.4. The molecule has 4 aromatic heterocycles. The predicted octanol–water partition coefficient (Wildman–Crippen LogP) is 3.50. The molecule has 1 aromatic carbocycles. The summed E-state index contributed by atoms with van der Waals surface area (Å²) in [7, 11) is 1.88. The van der Waals surface area contributed by atoms with Crippen LogP contribution < -0.4 is 5.56 Å². The van der Waals surface area contributed by atoms with Crippen molar-refractivity contribution in [3.63, 3.8) is 0 Å². The topological polar surface area (TPSA) is 87.8 Å². The van der Waals surface area contributed by atoms with Gasteiger partial charge in [0.2, 0.25) is 5.78 Å². The van der Waals surface area contributed by atoms with Crippen LogP contribution in [0.15, 0.2) is 41.5 Å². The molecule has 0 atom stereocenters. The van der Waals surface area contributed by atoms with E-state index in [4.69, 9.17) is 4.98 Å². The number of hydrogen-bond donors (Lipinski definition) is 0. The Kier molecular flexibility index (Phi) is 5.32. The van der Waals surface area contributed by atoms with Crippen molar-refractivity contribution < 1.29 is 0 Å². The zero-order valence-electron chi connectivity index (χ0n) is 19.5. The minimum Gasteiger partial charge on any atom is -0.313 e. The van der Waals surface area contributed by atoms with Crippen LogP contribution in [0.3, 0.4) is 0 Å². The molecule has 0 saturated heterocycles. The number of aromatic nitrogens is 8. The molecule has 0 fully saturated rings. The molecule has 0 saturated carbocycles. The summed E-state index contributed by atoms with van der Waals surface area (Å²) in [6, 6.07) is 8.36. The second-order valence-electron chi connectivity index (χ2n) is 8.63. The van der Waals surface area contributed by atoms with Gasteiger partial charge in [-0.25, -0.2) is 9.38 Å². The highest BCUT2D eigenvalue weighted by molar-refractivity contribution is 5.79. The molecule has 0 aliphatic carbocycles. The zero-order valence-corrected chi connectivity index (χ0v) is 19.5. The van der Waals surface area contributed by atoms with Gasteiger partial charge >= 0.3 is 0 Å². The predicted molar refractivity (Wildman–Crippen MR) is 127 cm³/mol. The Hall–Kier alpha value is -3.75. The van der Waals surface area contributed by atoms with Crippen LogP contribution in [-0.4, -0.2) is 38.5 Å². The van der Waals surface area contributed by atoms with Crippen molar-refractivity contribution in [2.24, 2.45) is 7.05 Å². The molecule has 170 valence electrons. The SMILES string of the molecule is CCCCCn1c2nc(-c3cnn(C)c3)n(Cc3ccc(C)cc3)c2c(=O)n2c(C)nnc12. The van der Waals surface area contributed by atoms with Gasteiger partial charge < -0.3 is 4.57 Å². The van der Waals surface area contributed by atoms with E-state index in [9.17, 15) is 4.79 Å². The average Bonchev–Trinajstić information content (AvgIpc) is 3.50. The van der Waals surface area contributed by atoms with Crippen molar-refractivity contribution in [2.45, 2.75) is 53.1 Å². The minimum atomic E-state index is -0.149. The quantitative estimate of drug-likeness (QED) is 0.359. The summed E-state index contributed by atoms with van der Waals surface area (Å²) in [5.74, 6) is 1.84. The van der Waals surface area contributed by atoms with E-state index in [1.165, 1.54) is 5.56 Å². The van der Waals surface area contributed by atoms with E-state index in [0.29, 0.717) is 29.3 Å². The Morgan fingerprint density at radius 3 is 2.48 bits per heavy atom. The summed E-state index contributed by atoms with van der Waals surface area (Å²) >= 11 is 0. The lowest BCUT2D eigenvalue weighted by molar-refractivity contribution is 0.612. The van der Waals surface area contributed by atoms with Crippen LogP contribution in [0.1, 0.15) is 43.1 Å². The fraction of sp³-hybridized carbons (Fsp3) is 0.375. The molecule has 33 heavy (non-hydrogen) atoms. The second-order valence-corrected chi connectivity index (χ2v) is 8.63. The van der Waals surface area contributed by atoms with Gasteiger partial charge in [-0.3, -0.25) is 14.0 Å². The number of unbranched alkanes of at least 4 members (excludes halogenated alkanes) is 2. The van der Waals surface area contributed by atoms with Crippen LogP contribution in [0.2, 0.25) is 0 Å². The third kappa shape index (κ3) is 3.63. The van der Waals surface area contributed by atoms with Gasteiger partial charge in [-0.15, -0.1) is 10.2 Å². The first-order chi connectivity index (χ1) is 16.0. The fourth-order valence-electron chi connectivity index (χ4n) is 4.32. The molecule has 0 aliphatic heterocycles. The summed E-state index contributed by atoms with van der Waals surface area (Å²) in [5.41, 5.74) is 4.21. The van der Waals surface area contributed by atoms with Crippen molar-refractivity contribution in [3.8, 4) is 11.4 Å². The van der Waals surface area contributed by atoms with Crippen LogP contribution in [0, 0.1) is 13.8 Å². The van der Waals surface area contributed by atoms with Gasteiger partial charge in [0.1, 0.15) is 11.6 Å². The molecule has 5 aromatic rings. The smallest absolute Gasteiger partial charge is 0.286 e. The Bertz CT molecular complexity index is 1500. The summed E-state index contributed by atoms with van der Waals surface area (Å²) in [6.45, 7) is 7.30. The van der Waals surface area contributed by atoms with Gasteiger partial charge in [-0.05, 0) is 25.8 Å². The van der Waals surface area contributed by atoms with Gasteiger partial charge in [-0.2, -0.15) is 5.10 Å². The Morgan fingerprint density at radius 1 is 1.00 bits per heavy atom. The van der Waals surface area contributed by atoms with Crippen molar-refractivity contribution >= 4 is 16.9 Å². The number of hydrogen-bond acceptors (Lipinski definition) is 5. The second kappa shape index (κ2) is 8.31. The maximum atomic E-state index is 13.8. The van der Waals surface area contributed by atoms with Crippen molar-refractivity contribution in [3.05, 3.63) is 64.0 Å². The molecule has 0 aliphatic rings. The molecular weight excluding hydrogens is 416 g/mol. The molecule has 9 heteroatoms. The van der Waals surface area contributed by atoms with E-state index >= 15 is 0 Å². The minimum absolute atomic E-state index is 0.149. The highest BCUT2D eigenvalue weighted by Crippen LogP contribution is 2.25. The standard InChI is InChI=1S/C24H28N8O/c1-5-6-7-12-30-22-20(23(33)32-17(3)27-28-24(30)32)31(14-18-10-8-16(2)9-11-18)21(26-22)19-13-25-29(4)15-19/h8-11,13,15H,5-7,12,14H2,1-4H3. The van der Waals surface area contributed by atoms with E-state index in [2.05, 4.69) is 53.4 Å². The largest absolute Gasteiger partial charge is 0.313 e. The number of imidazole rings is 1. The first kappa shape index (κ1) is 21.1. The molecule has 0 amide bonds. The number of benzene rings is 1. The molecule has 0 spiro atoms. The van der Waals surface area contributed by atoms with E-state index in [-0.39, 0.29) is 5.56 Å². The van der Waals surface area contributed by atoms with E-state index in [1.54, 1.807) is 15.3 Å². The van der Waals surface area contributed by atoms with Crippen LogP contribution in [0.5, 0.6) is 0 Å². The van der Waals surface area contributed by atoms with Gasteiger partial charge in [0, 0.05) is 26.3 Å². The highest BCUT2D eigenvalue weighted by Gasteiger charge is 2.23. The first-order valence-corrected chi connectivity index (χ1v) is 11.4. The lowest BCUT2D eigenvalue weighted by atomic mass is 10.1. The molecule has 0 radical (unpaired) electrons. The van der Waals surface area contributed by atoms with Gasteiger partial charge in [0.15, 0.2) is 11.2 Å². The van der Waals surface area contributed by atoms with Crippen molar-refractivity contribution in [2.75, 3.05) is 0 Å². The summed E-state index contributed by atoms with van der Waals surface area (Å²) < 4.78 is 7.40. The zero-order chi connectivity index (χ0) is 23.1. The summed E-state index contributed by atoms with van der Waals surface area (Å²) in [4.78, 5) is 18.8. The third-order valence-corrected chi connectivity index (χ3v) is 6.07. The monoisotopic (exact) mass is 444 g/mol. The fourth-order valence-corrected chi connectivity index (χ4v) is 4.32. The van der Waals surface area contributed by atoms with Crippen LogP contribution in [0.25, 0.3) is 28.3 Å². The highest BCUT2D eigenvalue weighted by atomic mass is 16.1. The Labute approximate surface area is 191 Å². The van der Waals surface area contributed by atoms with Crippen molar-refractivity contribution in [1.29, 1.82) is 0 Å². The van der Waals surface area contributed by atoms with Gasteiger partial charge in [0.05, 0.1) is 11.8 Å². The lowest BCUT2D eigenvalue weighted by Crippen LogP contribution is -2.22. The average molecular weight is 445 g/mol.